The van der Waals surface area contributed by atoms with E-state index in [1.165, 1.54) is 4.31 Å². The number of carbonyl (C=O) groups excluding carboxylic acids is 1. The van der Waals surface area contributed by atoms with Crippen molar-refractivity contribution >= 4 is 21.7 Å². The summed E-state index contributed by atoms with van der Waals surface area (Å²) in [6.07, 6.45) is 3.80. The average Bonchev–Trinajstić information content (AvgIpc) is 3.13. The van der Waals surface area contributed by atoms with Crippen LogP contribution in [0.15, 0.2) is 29.2 Å². The lowest BCUT2D eigenvalue weighted by atomic mass is 9.92. The van der Waals surface area contributed by atoms with Gasteiger partial charge >= 0.3 is 6.03 Å². The molecule has 3 aliphatic rings. The zero-order chi connectivity index (χ0) is 18.9. The zero-order valence-corrected chi connectivity index (χ0v) is 16.3. The van der Waals surface area contributed by atoms with Crippen molar-refractivity contribution in [2.75, 3.05) is 44.7 Å². The minimum Gasteiger partial charge on any atom is -0.381 e. The fraction of sp³-hybridized carbons (Fsp3) is 0.632. The molecule has 3 heterocycles. The van der Waals surface area contributed by atoms with Crippen LogP contribution in [0.2, 0.25) is 0 Å². The van der Waals surface area contributed by atoms with Gasteiger partial charge in [-0.2, -0.15) is 4.31 Å². The Bertz CT molecular complexity index is 778. The third-order valence-corrected chi connectivity index (χ3v) is 7.85. The van der Waals surface area contributed by atoms with Crippen molar-refractivity contribution < 1.29 is 17.9 Å². The molecule has 0 saturated carbocycles. The molecule has 0 bridgehead atoms. The van der Waals surface area contributed by atoms with Crippen LogP contribution < -0.4 is 5.32 Å². The number of carbonyl (C=O) groups is 1. The van der Waals surface area contributed by atoms with Gasteiger partial charge in [-0.1, -0.05) is 18.6 Å². The number of nitrogens with zero attached hydrogens (tertiary/aromatic N) is 2. The first kappa shape index (κ1) is 18.7. The predicted octanol–water partition coefficient (Wildman–Crippen LogP) is 2.36. The van der Waals surface area contributed by atoms with E-state index in [1.807, 2.05) is 0 Å². The third kappa shape index (κ3) is 3.83. The molecule has 0 spiro atoms. The molecule has 3 aliphatic heterocycles. The zero-order valence-electron chi connectivity index (χ0n) is 15.5. The van der Waals surface area contributed by atoms with Crippen molar-refractivity contribution in [2.24, 2.45) is 11.8 Å². The average molecular weight is 394 g/mol. The van der Waals surface area contributed by atoms with Crippen LogP contribution in [0.25, 0.3) is 0 Å². The number of urea groups is 1. The quantitative estimate of drug-likeness (QED) is 0.855. The molecule has 148 valence electrons. The van der Waals surface area contributed by atoms with Crippen molar-refractivity contribution in [3.8, 4) is 0 Å². The van der Waals surface area contributed by atoms with Gasteiger partial charge in [-0.15, -0.1) is 0 Å². The van der Waals surface area contributed by atoms with Gasteiger partial charge in [-0.05, 0) is 37.3 Å². The normalized spacial score (nSPS) is 26.6. The number of likely N-dealkylation sites (tertiary alicyclic amines) is 1. The molecule has 1 aromatic carbocycles. The van der Waals surface area contributed by atoms with E-state index >= 15 is 0 Å². The van der Waals surface area contributed by atoms with Crippen LogP contribution in [0, 0.1) is 11.8 Å². The Morgan fingerprint density at radius 3 is 2.59 bits per heavy atom. The number of ether oxygens (including phenoxy) is 1. The second-order valence-corrected chi connectivity index (χ2v) is 9.59. The fourth-order valence-corrected chi connectivity index (χ4v) is 5.99. The molecular formula is C19H27N3O4S. The summed E-state index contributed by atoms with van der Waals surface area (Å²) in [5.74, 6) is 0.869. The van der Waals surface area contributed by atoms with E-state index in [0.29, 0.717) is 50.3 Å². The van der Waals surface area contributed by atoms with Gasteiger partial charge in [0.25, 0.3) is 0 Å². The molecule has 27 heavy (non-hydrogen) atoms. The Labute approximate surface area is 160 Å². The Balaban J connectivity index is 1.50. The standard InChI is InChI=1S/C19H27N3O4S/c23-19(21-12-15-8-11-26-14-16(15)13-21)20-17-6-2-3-7-18(17)27(24,25)22-9-4-1-5-10-22/h2-3,6-7,15-16H,1,4-5,8-14H2,(H,20,23). The van der Waals surface area contributed by atoms with Gasteiger partial charge in [0.1, 0.15) is 4.90 Å². The minimum absolute atomic E-state index is 0.181. The molecule has 8 heteroatoms. The summed E-state index contributed by atoms with van der Waals surface area (Å²) in [6, 6.07) is 6.47. The highest BCUT2D eigenvalue weighted by Gasteiger charge is 2.37. The van der Waals surface area contributed by atoms with Crippen LogP contribution >= 0.6 is 0 Å². The van der Waals surface area contributed by atoms with Crippen LogP contribution in [0.3, 0.4) is 0 Å². The lowest BCUT2D eigenvalue weighted by molar-refractivity contribution is 0.0371. The molecule has 2 unspecified atom stereocenters. The van der Waals surface area contributed by atoms with Crippen molar-refractivity contribution in [3.05, 3.63) is 24.3 Å². The topological polar surface area (TPSA) is 79.0 Å². The van der Waals surface area contributed by atoms with Crippen molar-refractivity contribution in [1.82, 2.24) is 9.21 Å². The van der Waals surface area contributed by atoms with E-state index in [1.54, 1.807) is 29.2 Å². The van der Waals surface area contributed by atoms with Gasteiger partial charge < -0.3 is 15.0 Å². The second-order valence-electron chi connectivity index (χ2n) is 7.68. The molecule has 0 aromatic heterocycles. The Morgan fingerprint density at radius 2 is 1.81 bits per heavy atom. The lowest BCUT2D eigenvalue weighted by Crippen LogP contribution is -2.37. The van der Waals surface area contributed by atoms with E-state index in [-0.39, 0.29) is 10.9 Å². The van der Waals surface area contributed by atoms with Crippen LogP contribution in [0.4, 0.5) is 10.5 Å². The molecule has 0 radical (unpaired) electrons. The molecule has 3 saturated heterocycles. The van der Waals surface area contributed by atoms with E-state index in [9.17, 15) is 13.2 Å². The monoisotopic (exact) mass is 393 g/mol. The Morgan fingerprint density at radius 1 is 1.07 bits per heavy atom. The fourth-order valence-electron chi connectivity index (χ4n) is 4.32. The predicted molar refractivity (Wildman–Crippen MR) is 102 cm³/mol. The highest BCUT2D eigenvalue weighted by molar-refractivity contribution is 7.89. The number of para-hydroxylation sites is 1. The van der Waals surface area contributed by atoms with Gasteiger partial charge in [0, 0.05) is 38.7 Å². The largest absolute Gasteiger partial charge is 0.381 e. The maximum atomic E-state index is 13.1. The second kappa shape index (κ2) is 7.77. The summed E-state index contributed by atoms with van der Waals surface area (Å²) in [5, 5.41) is 2.85. The molecule has 3 fully saturated rings. The first-order chi connectivity index (χ1) is 13.1. The van der Waals surface area contributed by atoms with Crippen LogP contribution in [-0.4, -0.2) is 63.0 Å². The number of rotatable bonds is 3. The molecule has 0 aliphatic carbocycles. The molecule has 7 nitrogen and oxygen atoms in total. The minimum atomic E-state index is -3.60. The number of hydrogen-bond donors (Lipinski definition) is 1. The van der Waals surface area contributed by atoms with E-state index in [4.69, 9.17) is 4.74 Å². The number of anilines is 1. The Hall–Kier alpha value is -1.64. The number of fused-ring (bicyclic) bond motifs is 1. The third-order valence-electron chi connectivity index (χ3n) is 5.89. The van der Waals surface area contributed by atoms with Crippen LogP contribution in [0.1, 0.15) is 25.7 Å². The first-order valence-electron chi connectivity index (χ1n) is 9.78. The van der Waals surface area contributed by atoms with Gasteiger partial charge in [0.2, 0.25) is 10.0 Å². The van der Waals surface area contributed by atoms with Crippen molar-refractivity contribution in [3.63, 3.8) is 0 Å². The summed E-state index contributed by atoms with van der Waals surface area (Å²) in [6.45, 7) is 3.92. The van der Waals surface area contributed by atoms with Crippen molar-refractivity contribution in [1.29, 1.82) is 0 Å². The maximum absolute atomic E-state index is 13.1. The molecule has 2 amide bonds. The number of sulfonamides is 1. The van der Waals surface area contributed by atoms with E-state index in [0.717, 1.165) is 32.3 Å². The van der Waals surface area contributed by atoms with Gasteiger partial charge in [0.05, 0.1) is 12.3 Å². The summed E-state index contributed by atoms with van der Waals surface area (Å²) in [7, 11) is -3.60. The first-order valence-corrected chi connectivity index (χ1v) is 11.2. The SMILES string of the molecule is O=C(Nc1ccccc1S(=O)(=O)N1CCCCC1)N1CC2CCOCC2C1. The highest BCUT2D eigenvalue weighted by atomic mass is 32.2. The smallest absolute Gasteiger partial charge is 0.321 e. The maximum Gasteiger partial charge on any atom is 0.321 e. The summed E-state index contributed by atoms with van der Waals surface area (Å²) in [4.78, 5) is 14.7. The number of hydrogen-bond acceptors (Lipinski definition) is 4. The van der Waals surface area contributed by atoms with Crippen LogP contribution in [-0.2, 0) is 14.8 Å². The summed E-state index contributed by atoms with van der Waals surface area (Å²) >= 11 is 0. The van der Waals surface area contributed by atoms with Gasteiger partial charge in [-0.25, -0.2) is 13.2 Å². The number of piperidine rings is 1. The van der Waals surface area contributed by atoms with Gasteiger partial charge in [-0.3, -0.25) is 0 Å². The Kier molecular flexibility index (Phi) is 5.39. The van der Waals surface area contributed by atoms with Crippen LogP contribution in [0.5, 0.6) is 0 Å². The molecule has 1 aromatic rings. The number of amides is 2. The summed E-state index contributed by atoms with van der Waals surface area (Å²) in [5.41, 5.74) is 0.360. The lowest BCUT2D eigenvalue weighted by Gasteiger charge is -2.27. The van der Waals surface area contributed by atoms with Gasteiger partial charge in [0.15, 0.2) is 0 Å². The number of benzene rings is 1. The number of nitrogens with one attached hydrogen (secondary N) is 1. The van der Waals surface area contributed by atoms with Crippen molar-refractivity contribution in [2.45, 2.75) is 30.6 Å². The van der Waals surface area contributed by atoms with E-state index < -0.39 is 10.0 Å². The molecule has 2 atom stereocenters. The highest BCUT2D eigenvalue weighted by Crippen LogP contribution is 2.31. The molecule has 1 N–H and O–H groups in total. The summed E-state index contributed by atoms with van der Waals surface area (Å²) < 4.78 is 33.2. The molecule has 4 rings (SSSR count). The molecular weight excluding hydrogens is 366 g/mol. The van der Waals surface area contributed by atoms with E-state index in [2.05, 4.69) is 5.32 Å².